The second kappa shape index (κ2) is 14.0. The fraction of sp³-hybridized carbons (Fsp3) is 0.629. The van der Waals surface area contributed by atoms with Crippen LogP contribution in [-0.2, 0) is 26.3 Å². The maximum Gasteiger partial charge on any atom is 0.522 e. The summed E-state index contributed by atoms with van der Waals surface area (Å²) >= 11 is 0. The Morgan fingerprint density at radius 1 is 1.04 bits per heavy atom. The third-order valence-electron chi connectivity index (χ3n) is 9.44. The summed E-state index contributed by atoms with van der Waals surface area (Å²) in [6.07, 6.45) is -3.81. The quantitative estimate of drug-likeness (QED) is 0.307. The average Bonchev–Trinajstić information content (AvgIpc) is 3.34. The highest BCUT2D eigenvalue weighted by Gasteiger charge is 2.59. The van der Waals surface area contributed by atoms with Crippen LogP contribution >= 0.6 is 0 Å². The van der Waals surface area contributed by atoms with Gasteiger partial charge in [-0.25, -0.2) is 9.78 Å². The molecule has 2 heterocycles. The second-order valence-corrected chi connectivity index (χ2v) is 14.7. The van der Waals surface area contributed by atoms with Crippen molar-refractivity contribution in [2.75, 3.05) is 14.2 Å². The smallest absolute Gasteiger partial charge is 0.496 e. The van der Waals surface area contributed by atoms with Gasteiger partial charge in [-0.15, -0.1) is 13.2 Å². The van der Waals surface area contributed by atoms with E-state index in [0.29, 0.717) is 30.7 Å². The normalized spacial score (nSPS) is 25.5. The molecule has 0 unspecified atom stereocenters. The van der Waals surface area contributed by atoms with Crippen LogP contribution in [0.3, 0.4) is 0 Å². The molecule has 1 aromatic heterocycles. The Morgan fingerprint density at radius 3 is 2.32 bits per heavy atom. The molecule has 47 heavy (non-hydrogen) atoms. The van der Waals surface area contributed by atoms with Crippen molar-refractivity contribution in [3.05, 3.63) is 53.2 Å². The van der Waals surface area contributed by atoms with Crippen molar-refractivity contribution in [2.45, 2.75) is 110 Å². The number of benzene rings is 1. The van der Waals surface area contributed by atoms with E-state index in [2.05, 4.69) is 41.9 Å². The first-order chi connectivity index (χ1) is 21.9. The van der Waals surface area contributed by atoms with E-state index in [0.717, 1.165) is 11.1 Å². The largest absolute Gasteiger partial charge is 0.522 e. The van der Waals surface area contributed by atoms with E-state index >= 15 is 0 Å². The number of likely N-dealkylation sites (tertiary alicyclic amines) is 1. The molecule has 1 amide bonds. The highest BCUT2D eigenvalue weighted by atomic mass is 19.4. The van der Waals surface area contributed by atoms with Gasteiger partial charge in [0.15, 0.2) is 0 Å². The number of nitrogens with one attached hydrogen (secondary N) is 1. The summed E-state index contributed by atoms with van der Waals surface area (Å²) in [5, 5.41) is 14.4. The molecule has 260 valence electrons. The van der Waals surface area contributed by atoms with Crippen LogP contribution in [0.4, 0.5) is 13.2 Å². The number of hydrogen-bond acceptors (Lipinski definition) is 7. The molecule has 1 saturated carbocycles. The maximum atomic E-state index is 14.6. The Balaban J connectivity index is 1.84. The van der Waals surface area contributed by atoms with Crippen molar-refractivity contribution in [1.29, 1.82) is 0 Å². The van der Waals surface area contributed by atoms with E-state index in [4.69, 9.17) is 9.47 Å². The fourth-order valence-electron chi connectivity index (χ4n) is 7.34. The third-order valence-corrected chi connectivity index (χ3v) is 9.44. The van der Waals surface area contributed by atoms with Crippen LogP contribution in [0.1, 0.15) is 90.0 Å². The molecule has 1 aromatic carbocycles. The molecule has 1 aliphatic heterocycles. The number of hydrogen-bond donors (Lipinski definition) is 2. The first-order valence-electron chi connectivity index (χ1n) is 16.1. The summed E-state index contributed by atoms with van der Waals surface area (Å²) in [6, 6.07) is 6.67. The molecular weight excluding hydrogens is 615 g/mol. The number of carbonyl (C=O) groups excluding carboxylic acids is 1. The molecule has 2 N–H and O–H groups in total. The average molecular weight is 664 g/mol. The predicted molar refractivity (Wildman–Crippen MR) is 170 cm³/mol. The van der Waals surface area contributed by atoms with Crippen molar-refractivity contribution in [1.82, 2.24) is 15.2 Å². The molecule has 4 rings (SSSR count). The molecule has 1 aliphatic carbocycles. The molecule has 6 atom stereocenters. The van der Waals surface area contributed by atoms with Crippen LogP contribution in [0.25, 0.3) is 0 Å². The maximum absolute atomic E-state index is 14.6. The molecule has 0 bridgehead atoms. The Morgan fingerprint density at radius 2 is 1.74 bits per heavy atom. The number of aromatic nitrogens is 1. The summed E-state index contributed by atoms with van der Waals surface area (Å²) in [5.41, 5.74) is 1.69. The Bertz CT molecular complexity index is 1420. The van der Waals surface area contributed by atoms with Crippen molar-refractivity contribution in [3.8, 4) is 11.6 Å². The third kappa shape index (κ3) is 8.20. The van der Waals surface area contributed by atoms with Gasteiger partial charge in [0.05, 0.1) is 26.4 Å². The number of halogens is 3. The number of alkyl halides is 3. The minimum atomic E-state index is -4.84. The number of ether oxygens (including phenoxy) is 3. The van der Waals surface area contributed by atoms with Crippen LogP contribution in [0.2, 0.25) is 0 Å². The topological polar surface area (TPSA) is 110 Å². The number of methoxy groups -OCH3 is 2. The van der Waals surface area contributed by atoms with E-state index in [1.807, 2.05) is 32.9 Å². The lowest BCUT2D eigenvalue weighted by molar-refractivity contribution is -0.346. The summed E-state index contributed by atoms with van der Waals surface area (Å²) in [6.45, 7) is 12.4. The number of rotatable bonds is 9. The highest BCUT2D eigenvalue weighted by molar-refractivity contribution is 5.87. The van der Waals surface area contributed by atoms with Crippen molar-refractivity contribution < 1.29 is 42.1 Å². The molecule has 9 nitrogen and oxygen atoms in total. The SMILES string of the molecule is COc1ccc(C(C)(C)C)cc1CN[C@H]1[C@H](C(C)(C)C)[C@@H](C(=O)O)N(C(=O)[C@@H]2CCC[C@@H](OC(F)(F)F)C2)[C@H]1c1cccnc1OC. The lowest BCUT2D eigenvalue weighted by atomic mass is 9.72. The van der Waals surface area contributed by atoms with Crippen LogP contribution in [0, 0.1) is 17.3 Å². The molecule has 2 fully saturated rings. The number of nitrogens with zero attached hydrogens (tertiary/aromatic N) is 2. The van der Waals surface area contributed by atoms with E-state index < -0.39 is 59.7 Å². The number of carboxylic acids is 1. The summed E-state index contributed by atoms with van der Waals surface area (Å²) in [5.74, 6) is -2.30. The molecule has 1 saturated heterocycles. The van der Waals surface area contributed by atoms with Gasteiger partial charge < -0.3 is 24.8 Å². The van der Waals surface area contributed by atoms with Gasteiger partial charge in [-0.2, -0.15) is 0 Å². The van der Waals surface area contributed by atoms with Gasteiger partial charge >= 0.3 is 12.3 Å². The number of carbonyl (C=O) groups is 2. The van der Waals surface area contributed by atoms with Gasteiger partial charge in [0.1, 0.15) is 11.8 Å². The fourth-order valence-corrected chi connectivity index (χ4v) is 7.34. The molecule has 2 aliphatic rings. The van der Waals surface area contributed by atoms with Gasteiger partial charge in [0.2, 0.25) is 11.8 Å². The van der Waals surface area contributed by atoms with Crippen LogP contribution in [0.15, 0.2) is 36.5 Å². The zero-order chi connectivity index (χ0) is 34.9. The Hall–Kier alpha value is -3.38. The van der Waals surface area contributed by atoms with Crippen LogP contribution in [-0.4, -0.2) is 65.6 Å². The standard InChI is InChI=1S/C35H48F3N3O6/c1-33(2,3)22-14-15-25(45-7)21(17-22)19-40-27-26(34(4,5)6)29(32(43)44)41(28(27)24-13-10-16-39-30(24)46-8)31(42)20-11-9-12-23(18-20)47-35(36,37)38/h10,13-17,20,23,26-29,40H,9,11-12,18-19H2,1-8H3,(H,43,44)/t20-,23-,26+,27+,28+,29+/m1/s1. The number of pyridine rings is 1. The van der Waals surface area contributed by atoms with Crippen molar-refractivity contribution in [3.63, 3.8) is 0 Å². The van der Waals surface area contributed by atoms with Gasteiger partial charge in [-0.1, -0.05) is 60.1 Å². The molecule has 0 radical (unpaired) electrons. The van der Waals surface area contributed by atoms with E-state index in [1.54, 1.807) is 25.4 Å². The first kappa shape index (κ1) is 36.5. The van der Waals surface area contributed by atoms with Crippen LogP contribution < -0.4 is 14.8 Å². The Kier molecular flexibility index (Phi) is 10.9. The minimum Gasteiger partial charge on any atom is -0.496 e. The number of carboxylic acid groups (broad SMARTS) is 1. The van der Waals surface area contributed by atoms with E-state index in [9.17, 15) is 27.9 Å². The van der Waals surface area contributed by atoms with Gasteiger partial charge in [-0.3, -0.25) is 9.53 Å². The summed E-state index contributed by atoms with van der Waals surface area (Å²) < 4.78 is 55.2. The van der Waals surface area contributed by atoms with Crippen molar-refractivity contribution in [2.24, 2.45) is 17.3 Å². The zero-order valence-electron chi connectivity index (χ0n) is 28.5. The predicted octanol–water partition coefficient (Wildman–Crippen LogP) is 6.65. The molecule has 0 spiro atoms. The zero-order valence-corrected chi connectivity index (χ0v) is 28.5. The van der Waals surface area contributed by atoms with Crippen LogP contribution in [0.5, 0.6) is 11.6 Å². The second-order valence-electron chi connectivity index (χ2n) is 14.7. The van der Waals surface area contributed by atoms with Gasteiger partial charge in [-0.05, 0) is 53.9 Å². The van der Waals surface area contributed by atoms with E-state index in [1.165, 1.54) is 12.0 Å². The molecule has 2 aromatic rings. The van der Waals surface area contributed by atoms with Gasteiger partial charge in [0.25, 0.3) is 0 Å². The monoisotopic (exact) mass is 663 g/mol. The van der Waals surface area contributed by atoms with Gasteiger partial charge in [0, 0.05) is 41.7 Å². The molecular formula is C35H48F3N3O6. The minimum absolute atomic E-state index is 0.140. The molecule has 12 heteroatoms. The first-order valence-corrected chi connectivity index (χ1v) is 16.1. The summed E-state index contributed by atoms with van der Waals surface area (Å²) in [4.78, 5) is 33.6. The number of aliphatic carboxylic acids is 1. The summed E-state index contributed by atoms with van der Waals surface area (Å²) in [7, 11) is 3.04. The Labute approximate surface area is 275 Å². The lowest BCUT2D eigenvalue weighted by Gasteiger charge is -2.37. The highest BCUT2D eigenvalue weighted by Crippen LogP contribution is 2.51. The van der Waals surface area contributed by atoms with Crippen molar-refractivity contribution >= 4 is 11.9 Å². The number of amides is 1. The van der Waals surface area contributed by atoms with E-state index in [-0.39, 0.29) is 24.1 Å². The lowest BCUT2D eigenvalue weighted by Crippen LogP contribution is -2.50.